The summed E-state index contributed by atoms with van der Waals surface area (Å²) in [7, 11) is 0. The van der Waals surface area contributed by atoms with E-state index in [9.17, 15) is 24.0 Å². The van der Waals surface area contributed by atoms with Crippen molar-refractivity contribution in [3.05, 3.63) is 42.1 Å². The van der Waals surface area contributed by atoms with Crippen LogP contribution in [0.5, 0.6) is 5.88 Å². The van der Waals surface area contributed by atoms with Crippen LogP contribution in [0.2, 0.25) is 0 Å². The van der Waals surface area contributed by atoms with Crippen LogP contribution in [0.25, 0.3) is 5.69 Å². The van der Waals surface area contributed by atoms with Gasteiger partial charge in [0.25, 0.3) is 11.8 Å². The summed E-state index contributed by atoms with van der Waals surface area (Å²) in [6, 6.07) is 9.09. The zero-order valence-corrected chi connectivity index (χ0v) is 29.0. The first-order chi connectivity index (χ1) is 24.3. The molecule has 0 unspecified atom stereocenters. The first kappa shape index (κ1) is 36.6. The Hall–Kier alpha value is -4.66. The molecule has 0 bridgehead atoms. The third-order valence-electron chi connectivity index (χ3n) is 9.25. The third kappa shape index (κ3) is 9.31. The van der Waals surface area contributed by atoms with Crippen LogP contribution in [0, 0.1) is 0 Å². The summed E-state index contributed by atoms with van der Waals surface area (Å²) < 4.78 is 18.2. The molecule has 2 atom stereocenters. The summed E-state index contributed by atoms with van der Waals surface area (Å²) in [6.45, 7) is 5.78. The Bertz CT molecular complexity index is 1470. The maximum absolute atomic E-state index is 13.6. The van der Waals surface area contributed by atoms with Gasteiger partial charge in [-0.2, -0.15) is 5.10 Å². The number of aromatic nitrogens is 2. The molecule has 5 rings (SSSR count). The van der Waals surface area contributed by atoms with E-state index < -0.39 is 24.1 Å². The third-order valence-corrected chi connectivity index (χ3v) is 9.25. The number of likely N-dealkylation sites (tertiary alicyclic amines) is 1. The van der Waals surface area contributed by atoms with Crippen LogP contribution in [0.15, 0.2) is 36.4 Å². The van der Waals surface area contributed by atoms with Gasteiger partial charge in [0.2, 0.25) is 17.7 Å². The lowest BCUT2D eigenvalue weighted by atomic mass is 9.93. The van der Waals surface area contributed by atoms with Crippen LogP contribution in [0.1, 0.15) is 69.3 Å². The molecule has 0 spiro atoms. The average Bonchev–Trinajstić information content (AvgIpc) is 3.79. The molecule has 3 fully saturated rings. The lowest BCUT2D eigenvalue weighted by Gasteiger charge is -2.35. The van der Waals surface area contributed by atoms with Crippen molar-refractivity contribution in [3.8, 4) is 11.6 Å². The molecule has 1 aromatic heterocycles. The molecule has 5 amide bonds. The molecular formula is C35H49N7O8. The lowest BCUT2D eigenvalue weighted by molar-refractivity contribution is -0.140. The number of carbonyl (C=O) groups is 5. The second-order valence-electron chi connectivity index (χ2n) is 12.8. The molecule has 2 aliphatic heterocycles. The molecule has 50 heavy (non-hydrogen) atoms. The molecule has 2 aromatic rings. The number of nitrogens with one attached hydrogen (secondary N) is 2. The summed E-state index contributed by atoms with van der Waals surface area (Å²) in [6.07, 6.45) is 5.66. The van der Waals surface area contributed by atoms with Crippen LogP contribution in [-0.2, 0) is 23.9 Å². The minimum absolute atomic E-state index is 0.0239. The second kappa shape index (κ2) is 17.8. The molecule has 0 radical (unpaired) electrons. The molecular weight excluding hydrogens is 646 g/mol. The summed E-state index contributed by atoms with van der Waals surface area (Å²) in [5.41, 5.74) is 0.574. The topological polar surface area (TPSA) is 165 Å². The van der Waals surface area contributed by atoms with Gasteiger partial charge in [-0.15, -0.1) is 0 Å². The molecule has 15 heteroatoms. The van der Waals surface area contributed by atoms with E-state index in [4.69, 9.17) is 14.2 Å². The first-order valence-electron chi connectivity index (χ1n) is 17.8. The van der Waals surface area contributed by atoms with Crippen LogP contribution in [0.4, 0.5) is 4.79 Å². The van der Waals surface area contributed by atoms with Crippen LogP contribution < -0.4 is 15.4 Å². The average molecular weight is 696 g/mol. The van der Waals surface area contributed by atoms with Crippen LogP contribution in [0.3, 0.4) is 0 Å². The van der Waals surface area contributed by atoms with Crippen LogP contribution >= 0.6 is 0 Å². The molecule has 272 valence electrons. The number of benzene rings is 1. The predicted octanol–water partition coefficient (Wildman–Crippen LogP) is 2.13. The number of amides is 5. The Morgan fingerprint density at radius 2 is 1.68 bits per heavy atom. The predicted molar refractivity (Wildman–Crippen MR) is 182 cm³/mol. The zero-order chi connectivity index (χ0) is 35.5. The van der Waals surface area contributed by atoms with Gasteiger partial charge in [-0.25, -0.2) is 9.48 Å². The molecule has 2 N–H and O–H groups in total. The van der Waals surface area contributed by atoms with Crippen LogP contribution in [-0.4, -0.2) is 131 Å². The fourth-order valence-electron chi connectivity index (χ4n) is 6.11. The van der Waals surface area contributed by atoms with Crippen molar-refractivity contribution in [2.75, 3.05) is 59.2 Å². The molecule has 3 aliphatic rings. The Balaban J connectivity index is 1.24. The van der Waals surface area contributed by atoms with Gasteiger partial charge in [-0.1, -0.05) is 31.5 Å². The van der Waals surface area contributed by atoms with Gasteiger partial charge in [0.1, 0.15) is 12.1 Å². The van der Waals surface area contributed by atoms with Gasteiger partial charge >= 0.3 is 6.09 Å². The highest BCUT2D eigenvalue weighted by Crippen LogP contribution is 2.24. The molecule has 2 saturated heterocycles. The highest BCUT2D eigenvalue weighted by Gasteiger charge is 2.36. The zero-order valence-electron chi connectivity index (χ0n) is 29.0. The molecule has 3 heterocycles. The Morgan fingerprint density at radius 3 is 2.36 bits per heavy atom. The van der Waals surface area contributed by atoms with E-state index in [0.717, 1.165) is 38.5 Å². The maximum Gasteiger partial charge on any atom is 0.409 e. The number of nitrogens with zero attached hydrogens (tertiary/aromatic N) is 5. The van der Waals surface area contributed by atoms with Gasteiger partial charge in [-0.05, 0) is 57.6 Å². The summed E-state index contributed by atoms with van der Waals surface area (Å²) in [5.74, 6) is -1.27. The van der Waals surface area contributed by atoms with E-state index >= 15 is 0 Å². The van der Waals surface area contributed by atoms with Crippen molar-refractivity contribution in [2.24, 2.45) is 0 Å². The van der Waals surface area contributed by atoms with Crippen molar-refractivity contribution in [1.82, 2.24) is 35.1 Å². The smallest absolute Gasteiger partial charge is 0.409 e. The van der Waals surface area contributed by atoms with E-state index in [1.807, 2.05) is 25.1 Å². The fourth-order valence-corrected chi connectivity index (χ4v) is 6.11. The maximum atomic E-state index is 13.6. The number of hydrogen-bond acceptors (Lipinski definition) is 9. The molecule has 1 aromatic carbocycles. The van der Waals surface area contributed by atoms with E-state index in [-0.39, 0.29) is 61.6 Å². The highest BCUT2D eigenvalue weighted by atomic mass is 16.6. The van der Waals surface area contributed by atoms with Crippen molar-refractivity contribution in [1.29, 1.82) is 0 Å². The standard InChI is InChI=1S/C35H49N7O8/c1-3-5-21-49-35(47)40-19-17-39(18-20-40)34(46)28(23-48-4-2)37-32(44)27-22-31(42(38-27)26-13-7-6-8-14-26)50-24-30(43)41-16-10-15-29(41)33(45)36-25-11-9-12-25/h6-8,13-14,22,25,28-29H,3-5,9-12,15-21,23-24H2,1-2H3,(H,36,45)(H,37,44)/t28-,29-/m0/s1. The number of rotatable bonds is 15. The number of ether oxygens (including phenoxy) is 3. The SMILES string of the molecule is CCCCOC(=O)N1CCN(C(=O)[C@H](COCC)NC(=O)c2cc(OCC(=O)N3CCC[C@H]3C(=O)NC3CCC3)n(-c3ccccc3)n2)CC1. The first-order valence-corrected chi connectivity index (χ1v) is 17.8. The number of carbonyl (C=O) groups excluding carboxylic acids is 5. The summed E-state index contributed by atoms with van der Waals surface area (Å²) >= 11 is 0. The Labute approximate surface area is 292 Å². The van der Waals surface area contributed by atoms with Gasteiger partial charge in [-0.3, -0.25) is 19.2 Å². The molecule has 15 nitrogen and oxygen atoms in total. The van der Waals surface area contributed by atoms with Crippen molar-refractivity contribution in [3.63, 3.8) is 0 Å². The summed E-state index contributed by atoms with van der Waals surface area (Å²) in [4.78, 5) is 70.5. The van der Waals surface area contributed by atoms with E-state index in [1.165, 1.54) is 10.7 Å². The van der Waals surface area contributed by atoms with E-state index in [1.54, 1.807) is 33.8 Å². The van der Waals surface area contributed by atoms with Gasteiger partial charge in [0.15, 0.2) is 12.3 Å². The second-order valence-corrected chi connectivity index (χ2v) is 12.8. The molecule has 1 saturated carbocycles. The largest absolute Gasteiger partial charge is 0.467 e. The number of hydrogen-bond donors (Lipinski definition) is 2. The minimum Gasteiger partial charge on any atom is -0.467 e. The van der Waals surface area contributed by atoms with Gasteiger partial charge in [0.05, 0.1) is 18.9 Å². The monoisotopic (exact) mass is 695 g/mol. The van der Waals surface area contributed by atoms with Crippen molar-refractivity contribution in [2.45, 2.75) is 76.9 Å². The van der Waals surface area contributed by atoms with Crippen molar-refractivity contribution < 1.29 is 38.2 Å². The number of para-hydroxylation sites is 1. The normalized spacial score (nSPS) is 18.3. The molecule has 1 aliphatic carbocycles. The van der Waals surface area contributed by atoms with Crippen molar-refractivity contribution >= 4 is 29.7 Å². The number of piperazine rings is 1. The van der Waals surface area contributed by atoms with E-state index in [0.29, 0.717) is 45.0 Å². The lowest BCUT2D eigenvalue weighted by Crippen LogP contribution is -2.57. The number of unbranched alkanes of at least 4 members (excludes halogenated alkanes) is 1. The fraction of sp³-hybridized carbons (Fsp3) is 0.600. The summed E-state index contributed by atoms with van der Waals surface area (Å²) in [5, 5.41) is 10.3. The Morgan fingerprint density at radius 1 is 0.940 bits per heavy atom. The minimum atomic E-state index is -1.00. The van der Waals surface area contributed by atoms with Gasteiger partial charge < -0.3 is 39.5 Å². The highest BCUT2D eigenvalue weighted by molar-refractivity contribution is 5.96. The Kier molecular flexibility index (Phi) is 13.1. The van der Waals surface area contributed by atoms with E-state index in [2.05, 4.69) is 15.7 Å². The quantitative estimate of drug-likeness (QED) is 0.266. The van der Waals surface area contributed by atoms with Gasteiger partial charge in [0, 0.05) is 51.4 Å².